The van der Waals surface area contributed by atoms with Crippen LogP contribution in [0.3, 0.4) is 0 Å². The monoisotopic (exact) mass is 418 g/mol. The molecule has 0 amide bonds. The van der Waals surface area contributed by atoms with E-state index in [-0.39, 0.29) is 15.8 Å². The molecule has 2 heterocycles. The number of sulfone groups is 1. The van der Waals surface area contributed by atoms with Crippen LogP contribution < -0.4 is 9.64 Å². The number of hydrogen-bond acceptors (Lipinski definition) is 6. The van der Waals surface area contributed by atoms with Crippen molar-refractivity contribution in [3.05, 3.63) is 53.6 Å². The minimum Gasteiger partial charge on any atom is -0.497 e. The normalized spacial score (nSPS) is 14.4. The third-order valence-corrected chi connectivity index (χ3v) is 6.61. The van der Waals surface area contributed by atoms with Crippen molar-refractivity contribution < 1.29 is 17.6 Å². The molecule has 146 valence electrons. The number of ether oxygens (including phenoxy) is 1. The molecule has 1 aliphatic rings. The second-order valence-corrected chi connectivity index (χ2v) is 8.81. The van der Waals surface area contributed by atoms with Crippen LogP contribution in [0.15, 0.2) is 62.9 Å². The lowest BCUT2D eigenvalue weighted by Crippen LogP contribution is -2.19. The van der Waals surface area contributed by atoms with E-state index in [0.717, 1.165) is 25.9 Å². The molecule has 0 unspecified atom stereocenters. The standard InChI is InChI=1S/C20H19ClN2O4S/c1-26-16-8-4-14(5-9-16)18-22-19(20(27-18)23-12-2-3-13-23)28(24,25)17-10-6-15(21)7-11-17/h4-11H,2-3,12-13H2,1H3. The summed E-state index contributed by atoms with van der Waals surface area (Å²) in [7, 11) is -2.27. The van der Waals surface area contributed by atoms with E-state index in [9.17, 15) is 8.42 Å². The van der Waals surface area contributed by atoms with Gasteiger partial charge in [0.1, 0.15) is 5.75 Å². The highest BCUT2D eigenvalue weighted by molar-refractivity contribution is 7.91. The quantitative estimate of drug-likeness (QED) is 0.610. The molecule has 1 aliphatic heterocycles. The van der Waals surface area contributed by atoms with Crippen LogP contribution >= 0.6 is 11.6 Å². The fourth-order valence-electron chi connectivity index (χ4n) is 3.18. The predicted octanol–water partition coefficient (Wildman–Crippen LogP) is 4.44. The van der Waals surface area contributed by atoms with E-state index in [2.05, 4.69) is 4.98 Å². The van der Waals surface area contributed by atoms with Crippen LogP contribution in [-0.2, 0) is 9.84 Å². The molecule has 2 aromatic carbocycles. The van der Waals surface area contributed by atoms with Gasteiger partial charge >= 0.3 is 0 Å². The molecule has 0 N–H and O–H groups in total. The summed E-state index contributed by atoms with van der Waals surface area (Å²) in [5, 5.41) is 0.403. The smallest absolute Gasteiger partial charge is 0.236 e. The van der Waals surface area contributed by atoms with Crippen LogP contribution in [-0.4, -0.2) is 33.6 Å². The molecule has 0 bridgehead atoms. The Hall–Kier alpha value is -2.51. The van der Waals surface area contributed by atoms with Gasteiger partial charge in [-0.2, -0.15) is 4.98 Å². The number of anilines is 1. The Kier molecular flexibility index (Phi) is 5.03. The van der Waals surface area contributed by atoms with Crippen molar-refractivity contribution in [2.45, 2.75) is 22.8 Å². The minimum absolute atomic E-state index is 0.0671. The molecule has 8 heteroatoms. The van der Waals surface area contributed by atoms with Gasteiger partial charge in [-0.25, -0.2) is 8.42 Å². The molecule has 1 fully saturated rings. The summed E-state index contributed by atoms with van der Waals surface area (Å²) < 4.78 is 37.6. The van der Waals surface area contributed by atoms with Gasteiger partial charge in [0.25, 0.3) is 0 Å². The molecular weight excluding hydrogens is 400 g/mol. The number of aromatic nitrogens is 1. The van der Waals surface area contributed by atoms with Crippen LogP contribution in [0.1, 0.15) is 12.8 Å². The third kappa shape index (κ3) is 3.47. The first-order chi connectivity index (χ1) is 13.5. The van der Waals surface area contributed by atoms with Crippen molar-refractivity contribution in [2.24, 2.45) is 0 Å². The molecule has 1 aromatic heterocycles. The SMILES string of the molecule is COc1ccc(-c2nc(S(=O)(=O)c3ccc(Cl)cc3)c(N3CCCC3)o2)cc1. The Morgan fingerprint density at radius 3 is 2.29 bits per heavy atom. The van der Waals surface area contributed by atoms with Crippen LogP contribution in [0.25, 0.3) is 11.5 Å². The fraction of sp³-hybridized carbons (Fsp3) is 0.250. The highest BCUT2D eigenvalue weighted by Gasteiger charge is 2.32. The van der Waals surface area contributed by atoms with E-state index in [1.54, 1.807) is 43.5 Å². The number of halogens is 1. The van der Waals surface area contributed by atoms with Crippen molar-refractivity contribution in [1.29, 1.82) is 0 Å². The molecule has 4 rings (SSSR count). The van der Waals surface area contributed by atoms with Gasteiger partial charge in [-0.15, -0.1) is 0 Å². The lowest BCUT2D eigenvalue weighted by Gasteiger charge is -2.14. The summed E-state index contributed by atoms with van der Waals surface area (Å²) in [5.41, 5.74) is 0.679. The predicted molar refractivity (Wildman–Crippen MR) is 107 cm³/mol. The average molecular weight is 419 g/mol. The van der Waals surface area contributed by atoms with Crippen molar-refractivity contribution >= 4 is 27.3 Å². The fourth-order valence-corrected chi connectivity index (χ4v) is 4.62. The third-order valence-electron chi connectivity index (χ3n) is 4.69. The van der Waals surface area contributed by atoms with Gasteiger partial charge in [0, 0.05) is 23.7 Å². The summed E-state index contributed by atoms with van der Waals surface area (Å²) in [4.78, 5) is 6.45. The Morgan fingerprint density at radius 2 is 1.68 bits per heavy atom. The van der Waals surface area contributed by atoms with Crippen LogP contribution in [0.2, 0.25) is 5.02 Å². The first kappa shape index (κ1) is 18.8. The Morgan fingerprint density at radius 1 is 1.04 bits per heavy atom. The summed E-state index contributed by atoms with van der Waals surface area (Å²) in [6, 6.07) is 13.2. The molecule has 0 aliphatic carbocycles. The van der Waals surface area contributed by atoms with Crippen LogP contribution in [0.4, 0.5) is 5.88 Å². The number of methoxy groups -OCH3 is 1. The molecule has 0 spiro atoms. The van der Waals surface area contributed by atoms with Gasteiger partial charge in [0.05, 0.1) is 12.0 Å². The second kappa shape index (κ2) is 7.48. The van der Waals surface area contributed by atoms with Crippen LogP contribution in [0, 0.1) is 0 Å². The van der Waals surface area contributed by atoms with Gasteiger partial charge in [-0.05, 0) is 61.4 Å². The summed E-state index contributed by atoms with van der Waals surface area (Å²) in [6.07, 6.45) is 1.97. The highest BCUT2D eigenvalue weighted by Crippen LogP contribution is 2.36. The zero-order chi connectivity index (χ0) is 19.7. The van der Waals surface area contributed by atoms with E-state index >= 15 is 0 Å². The van der Waals surface area contributed by atoms with Gasteiger partial charge in [0.2, 0.25) is 26.6 Å². The van der Waals surface area contributed by atoms with Crippen molar-refractivity contribution in [3.63, 3.8) is 0 Å². The zero-order valence-corrected chi connectivity index (χ0v) is 16.8. The Bertz CT molecular complexity index is 1070. The van der Waals surface area contributed by atoms with Crippen LogP contribution in [0.5, 0.6) is 5.75 Å². The molecule has 6 nitrogen and oxygen atoms in total. The number of nitrogens with zero attached hydrogens (tertiary/aromatic N) is 2. The zero-order valence-electron chi connectivity index (χ0n) is 15.3. The lowest BCUT2D eigenvalue weighted by atomic mass is 10.2. The van der Waals surface area contributed by atoms with E-state index in [4.69, 9.17) is 20.8 Å². The van der Waals surface area contributed by atoms with E-state index in [1.807, 2.05) is 4.90 Å². The molecule has 0 atom stereocenters. The number of benzene rings is 2. The van der Waals surface area contributed by atoms with Gasteiger partial charge < -0.3 is 14.1 Å². The van der Waals surface area contributed by atoms with Gasteiger partial charge in [-0.1, -0.05) is 11.6 Å². The molecule has 28 heavy (non-hydrogen) atoms. The minimum atomic E-state index is -3.85. The Labute approximate surface area is 168 Å². The molecule has 1 saturated heterocycles. The van der Waals surface area contributed by atoms with Gasteiger partial charge in [-0.3, -0.25) is 0 Å². The van der Waals surface area contributed by atoms with Crippen molar-refractivity contribution in [3.8, 4) is 17.2 Å². The maximum Gasteiger partial charge on any atom is 0.236 e. The number of rotatable bonds is 5. The summed E-state index contributed by atoms with van der Waals surface area (Å²) in [6.45, 7) is 1.47. The summed E-state index contributed by atoms with van der Waals surface area (Å²) in [5.74, 6) is 1.25. The number of oxazole rings is 1. The molecule has 0 saturated carbocycles. The van der Waals surface area contributed by atoms with E-state index in [0.29, 0.717) is 22.2 Å². The van der Waals surface area contributed by atoms with E-state index in [1.165, 1.54) is 12.1 Å². The van der Waals surface area contributed by atoms with Crippen molar-refractivity contribution in [2.75, 3.05) is 25.1 Å². The number of hydrogen-bond donors (Lipinski definition) is 0. The largest absolute Gasteiger partial charge is 0.497 e. The average Bonchev–Trinajstić information content (AvgIpc) is 3.38. The van der Waals surface area contributed by atoms with Crippen molar-refractivity contribution in [1.82, 2.24) is 4.98 Å². The Balaban J connectivity index is 1.82. The first-order valence-corrected chi connectivity index (χ1v) is 10.8. The lowest BCUT2D eigenvalue weighted by molar-refractivity contribution is 0.415. The topological polar surface area (TPSA) is 72.6 Å². The maximum atomic E-state index is 13.3. The molecular formula is C20H19ClN2O4S. The second-order valence-electron chi connectivity index (χ2n) is 6.51. The first-order valence-electron chi connectivity index (χ1n) is 8.90. The van der Waals surface area contributed by atoms with Gasteiger partial charge in [0.15, 0.2) is 0 Å². The molecule has 3 aromatic rings. The molecule has 0 radical (unpaired) electrons. The summed E-state index contributed by atoms with van der Waals surface area (Å²) >= 11 is 5.90. The maximum absolute atomic E-state index is 13.3. The highest BCUT2D eigenvalue weighted by atomic mass is 35.5. The van der Waals surface area contributed by atoms with E-state index < -0.39 is 9.84 Å².